The minimum absolute atomic E-state index is 0.0537. The summed E-state index contributed by atoms with van der Waals surface area (Å²) in [6.07, 6.45) is 3.19. The summed E-state index contributed by atoms with van der Waals surface area (Å²) in [6.45, 7) is 2.62. The maximum atomic E-state index is 12.4. The van der Waals surface area contributed by atoms with Crippen LogP contribution in [0, 0.1) is 6.92 Å². The van der Waals surface area contributed by atoms with Crippen LogP contribution < -0.4 is 5.32 Å². The Morgan fingerprint density at radius 2 is 2.09 bits per heavy atom. The Hall–Kier alpha value is -2.83. The summed E-state index contributed by atoms with van der Waals surface area (Å²) in [7, 11) is 0. The molecule has 3 aromatic rings. The van der Waals surface area contributed by atoms with Crippen LogP contribution in [-0.2, 0) is 13.0 Å². The second-order valence-electron chi connectivity index (χ2n) is 5.73. The summed E-state index contributed by atoms with van der Waals surface area (Å²) in [6, 6.07) is 7.57. The third kappa shape index (κ3) is 2.54. The molecule has 1 aliphatic rings. The smallest absolute Gasteiger partial charge is 0.271 e. The van der Waals surface area contributed by atoms with Gasteiger partial charge in [-0.2, -0.15) is 0 Å². The molecule has 0 saturated carbocycles. The molecule has 1 aliphatic heterocycles. The van der Waals surface area contributed by atoms with Gasteiger partial charge in [0.05, 0.1) is 17.2 Å². The maximum Gasteiger partial charge on any atom is 0.271 e. The highest BCUT2D eigenvalue weighted by Crippen LogP contribution is 2.15. The van der Waals surface area contributed by atoms with E-state index in [-0.39, 0.29) is 11.9 Å². The standard InChI is InChI=1S/C16H16N6O/c1-10-20-21-15-7-6-11(9-22(10)15)18-16(23)14-8-17-12-4-2-3-5-13(12)19-14/h2-5,8,11H,6-7,9H2,1H3,(H,18,23)/t11-/m0/s1. The lowest BCUT2D eigenvalue weighted by Crippen LogP contribution is -2.41. The summed E-state index contributed by atoms with van der Waals surface area (Å²) < 4.78 is 2.06. The van der Waals surface area contributed by atoms with Gasteiger partial charge < -0.3 is 9.88 Å². The second kappa shape index (κ2) is 5.42. The van der Waals surface area contributed by atoms with Crippen LogP contribution >= 0.6 is 0 Å². The van der Waals surface area contributed by atoms with Crippen molar-refractivity contribution in [1.82, 2.24) is 30.0 Å². The number of para-hydroxylation sites is 2. The Labute approximate surface area is 132 Å². The summed E-state index contributed by atoms with van der Waals surface area (Å²) in [5, 5.41) is 11.3. The van der Waals surface area contributed by atoms with Crippen molar-refractivity contribution >= 4 is 16.9 Å². The highest BCUT2D eigenvalue weighted by atomic mass is 16.2. The number of benzene rings is 1. The average Bonchev–Trinajstić information content (AvgIpc) is 2.95. The Kier molecular flexibility index (Phi) is 3.25. The number of amides is 1. The fourth-order valence-electron chi connectivity index (χ4n) is 2.91. The van der Waals surface area contributed by atoms with Crippen molar-refractivity contribution in [2.24, 2.45) is 0 Å². The molecule has 4 rings (SSSR count). The fraction of sp³-hybridized carbons (Fsp3) is 0.312. The lowest BCUT2D eigenvalue weighted by molar-refractivity contribution is 0.0922. The van der Waals surface area contributed by atoms with Gasteiger partial charge in [-0.25, -0.2) is 4.98 Å². The highest BCUT2D eigenvalue weighted by Gasteiger charge is 2.23. The van der Waals surface area contributed by atoms with E-state index in [2.05, 4.69) is 30.0 Å². The number of rotatable bonds is 2. The van der Waals surface area contributed by atoms with Crippen molar-refractivity contribution in [3.05, 3.63) is 47.8 Å². The van der Waals surface area contributed by atoms with Gasteiger partial charge >= 0.3 is 0 Å². The van der Waals surface area contributed by atoms with Gasteiger partial charge in [-0.3, -0.25) is 9.78 Å². The molecule has 23 heavy (non-hydrogen) atoms. The molecule has 7 heteroatoms. The minimum Gasteiger partial charge on any atom is -0.346 e. The van der Waals surface area contributed by atoms with E-state index in [1.54, 1.807) is 0 Å². The Morgan fingerprint density at radius 3 is 2.96 bits per heavy atom. The molecule has 1 N–H and O–H groups in total. The molecule has 7 nitrogen and oxygen atoms in total. The van der Waals surface area contributed by atoms with Crippen LogP contribution in [0.15, 0.2) is 30.5 Å². The molecule has 116 valence electrons. The lowest BCUT2D eigenvalue weighted by Gasteiger charge is -2.24. The first-order chi connectivity index (χ1) is 11.2. The SMILES string of the molecule is Cc1nnc2n1C[C@@H](NC(=O)c1cnc3ccccc3n1)CC2. The Bertz CT molecular complexity index is 887. The van der Waals surface area contributed by atoms with E-state index >= 15 is 0 Å². The first-order valence-corrected chi connectivity index (χ1v) is 7.62. The van der Waals surface area contributed by atoms with Gasteiger partial charge in [0.2, 0.25) is 0 Å². The molecule has 0 spiro atoms. The third-order valence-electron chi connectivity index (χ3n) is 4.15. The molecule has 0 radical (unpaired) electrons. The zero-order valence-electron chi connectivity index (χ0n) is 12.7. The Morgan fingerprint density at radius 1 is 1.26 bits per heavy atom. The van der Waals surface area contributed by atoms with Gasteiger partial charge in [0.15, 0.2) is 0 Å². The van der Waals surface area contributed by atoms with Gasteiger partial charge in [-0.05, 0) is 25.5 Å². The molecule has 0 fully saturated rings. The van der Waals surface area contributed by atoms with Crippen molar-refractivity contribution in [2.75, 3.05) is 0 Å². The van der Waals surface area contributed by atoms with E-state index in [1.807, 2.05) is 31.2 Å². The number of carbonyl (C=O) groups excluding carboxylic acids is 1. The summed E-state index contributed by atoms with van der Waals surface area (Å²) >= 11 is 0. The summed E-state index contributed by atoms with van der Waals surface area (Å²) in [5.74, 6) is 1.67. The molecule has 3 heterocycles. The van der Waals surface area contributed by atoms with Crippen molar-refractivity contribution in [2.45, 2.75) is 32.4 Å². The predicted molar refractivity (Wildman–Crippen MR) is 83.9 cm³/mol. The number of hydrogen-bond donors (Lipinski definition) is 1. The van der Waals surface area contributed by atoms with Gasteiger partial charge in [0, 0.05) is 19.0 Å². The number of aromatic nitrogens is 5. The first-order valence-electron chi connectivity index (χ1n) is 7.62. The first kappa shape index (κ1) is 13.8. The van der Waals surface area contributed by atoms with Gasteiger partial charge in [0.25, 0.3) is 5.91 Å². The summed E-state index contributed by atoms with van der Waals surface area (Å²) in [5.41, 5.74) is 1.85. The largest absolute Gasteiger partial charge is 0.346 e. The van der Waals surface area contributed by atoms with E-state index in [1.165, 1.54) is 6.20 Å². The zero-order chi connectivity index (χ0) is 15.8. The van der Waals surface area contributed by atoms with E-state index in [0.29, 0.717) is 12.2 Å². The zero-order valence-corrected chi connectivity index (χ0v) is 12.7. The van der Waals surface area contributed by atoms with Crippen molar-refractivity contribution in [3.8, 4) is 0 Å². The molecule has 0 unspecified atom stereocenters. The van der Waals surface area contributed by atoms with Crippen LogP contribution in [0.2, 0.25) is 0 Å². The number of hydrogen-bond acceptors (Lipinski definition) is 5. The third-order valence-corrected chi connectivity index (χ3v) is 4.15. The van der Waals surface area contributed by atoms with Crippen molar-refractivity contribution in [3.63, 3.8) is 0 Å². The predicted octanol–water partition coefficient (Wildman–Crippen LogP) is 1.27. The summed E-state index contributed by atoms with van der Waals surface area (Å²) in [4.78, 5) is 21.1. The molecule has 0 bridgehead atoms. The monoisotopic (exact) mass is 308 g/mol. The van der Waals surface area contributed by atoms with E-state index in [9.17, 15) is 4.79 Å². The molecular weight excluding hydrogens is 292 g/mol. The van der Waals surface area contributed by atoms with Crippen molar-refractivity contribution in [1.29, 1.82) is 0 Å². The van der Waals surface area contributed by atoms with Crippen LogP contribution in [0.3, 0.4) is 0 Å². The van der Waals surface area contributed by atoms with Crippen LogP contribution in [0.25, 0.3) is 11.0 Å². The van der Waals surface area contributed by atoms with Crippen LogP contribution in [-0.4, -0.2) is 36.7 Å². The van der Waals surface area contributed by atoms with Crippen LogP contribution in [0.1, 0.15) is 28.6 Å². The molecule has 0 aliphatic carbocycles. The number of nitrogens with one attached hydrogen (secondary N) is 1. The van der Waals surface area contributed by atoms with Crippen molar-refractivity contribution < 1.29 is 4.79 Å². The quantitative estimate of drug-likeness (QED) is 0.770. The maximum absolute atomic E-state index is 12.4. The molecule has 1 aromatic carbocycles. The number of aryl methyl sites for hydroxylation is 2. The second-order valence-corrected chi connectivity index (χ2v) is 5.73. The van der Waals surface area contributed by atoms with Crippen LogP contribution in [0.4, 0.5) is 0 Å². The molecule has 0 saturated heterocycles. The normalized spacial score (nSPS) is 17.0. The molecule has 1 atom stereocenters. The van der Waals surface area contributed by atoms with E-state index < -0.39 is 0 Å². The lowest BCUT2D eigenvalue weighted by atomic mass is 10.1. The Balaban J connectivity index is 1.52. The molecule has 1 amide bonds. The average molecular weight is 308 g/mol. The topological polar surface area (TPSA) is 85.6 Å². The highest BCUT2D eigenvalue weighted by molar-refractivity contribution is 5.93. The van der Waals surface area contributed by atoms with Gasteiger partial charge in [-0.15, -0.1) is 10.2 Å². The number of carbonyl (C=O) groups is 1. The fourth-order valence-corrected chi connectivity index (χ4v) is 2.91. The van der Waals surface area contributed by atoms with Gasteiger partial charge in [-0.1, -0.05) is 12.1 Å². The molecular formula is C16H16N6O. The minimum atomic E-state index is -0.192. The van der Waals surface area contributed by atoms with Gasteiger partial charge in [0.1, 0.15) is 17.3 Å². The van der Waals surface area contributed by atoms with E-state index in [4.69, 9.17) is 0 Å². The molecule has 2 aromatic heterocycles. The number of nitrogens with zero attached hydrogens (tertiary/aromatic N) is 5. The number of fused-ring (bicyclic) bond motifs is 2. The van der Waals surface area contributed by atoms with Crippen LogP contribution in [0.5, 0.6) is 0 Å². The van der Waals surface area contributed by atoms with E-state index in [0.717, 1.165) is 35.5 Å².